The Morgan fingerprint density at radius 2 is 1.40 bits per heavy atom. The highest BCUT2D eigenvalue weighted by molar-refractivity contribution is 4.90. The highest BCUT2D eigenvalue weighted by Crippen LogP contribution is 2.50. The molecule has 0 saturated heterocycles. The maximum atomic E-state index is 2.59. The van der Waals surface area contributed by atoms with Crippen LogP contribution in [0.15, 0.2) is 0 Å². The first-order valence-corrected chi connectivity index (χ1v) is 9.71. The normalized spacial score (nSPS) is 29.6. The molecule has 0 amide bonds. The highest BCUT2D eigenvalue weighted by Gasteiger charge is 2.39. The van der Waals surface area contributed by atoms with Crippen molar-refractivity contribution in [3.8, 4) is 0 Å². The minimum absolute atomic E-state index is 0.656. The van der Waals surface area contributed by atoms with Gasteiger partial charge in [-0.2, -0.15) is 0 Å². The van der Waals surface area contributed by atoms with E-state index in [-0.39, 0.29) is 0 Å². The largest absolute Gasteiger partial charge is 0.0654 e. The molecule has 0 spiro atoms. The summed E-state index contributed by atoms with van der Waals surface area (Å²) < 4.78 is 0. The summed E-state index contributed by atoms with van der Waals surface area (Å²) in [7, 11) is 0. The Bertz CT molecular complexity index is 226. The second-order valence-corrected chi connectivity index (χ2v) is 7.42. The molecule has 0 bridgehead atoms. The van der Waals surface area contributed by atoms with Gasteiger partial charge >= 0.3 is 0 Å². The first kappa shape index (κ1) is 18.1. The van der Waals surface area contributed by atoms with Gasteiger partial charge in [0.25, 0.3) is 0 Å². The molecule has 1 aliphatic carbocycles. The topological polar surface area (TPSA) is 0 Å². The van der Waals surface area contributed by atoms with Crippen LogP contribution in [-0.4, -0.2) is 0 Å². The molecule has 1 saturated carbocycles. The lowest BCUT2D eigenvalue weighted by atomic mass is 9.59. The SMILES string of the molecule is CCCC(CCC)C1(CC)CCCCCCCCC1C. The zero-order valence-corrected chi connectivity index (χ0v) is 14.8. The quantitative estimate of drug-likeness (QED) is 0.476. The fourth-order valence-corrected chi connectivity index (χ4v) is 4.98. The first-order valence-electron chi connectivity index (χ1n) is 9.71. The molecule has 0 heteroatoms. The van der Waals surface area contributed by atoms with E-state index in [4.69, 9.17) is 0 Å². The Labute approximate surface area is 129 Å². The van der Waals surface area contributed by atoms with Crippen LogP contribution >= 0.6 is 0 Å². The molecule has 1 aliphatic rings. The van der Waals surface area contributed by atoms with E-state index >= 15 is 0 Å². The Balaban J connectivity index is 2.88. The Morgan fingerprint density at radius 1 is 0.850 bits per heavy atom. The lowest BCUT2D eigenvalue weighted by Gasteiger charge is -2.46. The van der Waals surface area contributed by atoms with Gasteiger partial charge in [0.05, 0.1) is 0 Å². The molecule has 2 atom stereocenters. The van der Waals surface area contributed by atoms with Crippen molar-refractivity contribution < 1.29 is 0 Å². The highest BCUT2D eigenvalue weighted by atomic mass is 14.4. The standard InChI is InChI=1S/C20H40/c1-5-14-19(15-6-2)20(7-3)17-13-11-9-8-10-12-16-18(20)4/h18-19H,5-17H2,1-4H3. The van der Waals surface area contributed by atoms with Gasteiger partial charge in [0.15, 0.2) is 0 Å². The molecule has 0 aliphatic heterocycles. The van der Waals surface area contributed by atoms with Crippen molar-refractivity contribution in [3.05, 3.63) is 0 Å². The molecule has 0 aromatic heterocycles. The van der Waals surface area contributed by atoms with Gasteiger partial charge in [-0.3, -0.25) is 0 Å². The molecule has 0 nitrogen and oxygen atoms in total. The van der Waals surface area contributed by atoms with Crippen LogP contribution in [0.3, 0.4) is 0 Å². The van der Waals surface area contributed by atoms with Crippen molar-refractivity contribution >= 4 is 0 Å². The molecule has 0 radical (unpaired) electrons. The van der Waals surface area contributed by atoms with Crippen LogP contribution < -0.4 is 0 Å². The molecule has 2 unspecified atom stereocenters. The smallest absolute Gasteiger partial charge is 0.0246 e. The van der Waals surface area contributed by atoms with E-state index < -0.39 is 0 Å². The van der Waals surface area contributed by atoms with Gasteiger partial charge in [-0.25, -0.2) is 0 Å². The van der Waals surface area contributed by atoms with Gasteiger partial charge in [0, 0.05) is 0 Å². The van der Waals surface area contributed by atoms with Crippen molar-refractivity contribution in [3.63, 3.8) is 0 Å². The summed E-state index contributed by atoms with van der Waals surface area (Å²) in [6, 6.07) is 0. The van der Waals surface area contributed by atoms with Crippen molar-refractivity contribution in [2.45, 2.75) is 111 Å². The second-order valence-electron chi connectivity index (χ2n) is 7.42. The summed E-state index contributed by atoms with van der Waals surface area (Å²) in [4.78, 5) is 0. The molecule has 0 N–H and O–H groups in total. The van der Waals surface area contributed by atoms with Crippen molar-refractivity contribution in [2.75, 3.05) is 0 Å². The fraction of sp³-hybridized carbons (Fsp3) is 1.00. The fourth-order valence-electron chi connectivity index (χ4n) is 4.98. The Kier molecular flexibility index (Phi) is 8.89. The average molecular weight is 281 g/mol. The molecule has 0 heterocycles. The lowest BCUT2D eigenvalue weighted by Crippen LogP contribution is -2.37. The minimum Gasteiger partial charge on any atom is -0.0654 e. The van der Waals surface area contributed by atoms with Gasteiger partial charge in [0.2, 0.25) is 0 Å². The van der Waals surface area contributed by atoms with Crippen LogP contribution in [-0.2, 0) is 0 Å². The molecule has 120 valence electrons. The summed E-state index contributed by atoms with van der Waals surface area (Å²) in [5, 5.41) is 0. The van der Waals surface area contributed by atoms with Crippen LogP contribution in [0.25, 0.3) is 0 Å². The van der Waals surface area contributed by atoms with E-state index in [0.29, 0.717) is 5.41 Å². The molecule has 20 heavy (non-hydrogen) atoms. The van der Waals surface area contributed by atoms with Gasteiger partial charge in [-0.15, -0.1) is 0 Å². The number of hydrogen-bond donors (Lipinski definition) is 0. The third-order valence-electron chi connectivity index (χ3n) is 6.26. The summed E-state index contributed by atoms with van der Waals surface area (Å²) in [6.07, 6.45) is 19.0. The van der Waals surface area contributed by atoms with E-state index in [9.17, 15) is 0 Å². The van der Waals surface area contributed by atoms with Crippen LogP contribution in [0, 0.1) is 17.3 Å². The average Bonchev–Trinajstić information content (AvgIpc) is 2.46. The molecule has 1 fully saturated rings. The van der Waals surface area contributed by atoms with Crippen molar-refractivity contribution in [2.24, 2.45) is 17.3 Å². The maximum absolute atomic E-state index is 2.59. The zero-order valence-electron chi connectivity index (χ0n) is 14.8. The molecular weight excluding hydrogens is 240 g/mol. The lowest BCUT2D eigenvalue weighted by molar-refractivity contribution is 0.0374. The zero-order chi connectivity index (χ0) is 14.8. The van der Waals surface area contributed by atoms with Crippen molar-refractivity contribution in [1.29, 1.82) is 0 Å². The van der Waals surface area contributed by atoms with E-state index in [1.807, 2.05) is 0 Å². The van der Waals surface area contributed by atoms with Gasteiger partial charge in [-0.05, 0) is 30.1 Å². The summed E-state index contributed by atoms with van der Waals surface area (Å²) in [6.45, 7) is 9.84. The van der Waals surface area contributed by atoms with Crippen LogP contribution in [0.1, 0.15) is 111 Å². The van der Waals surface area contributed by atoms with Crippen molar-refractivity contribution in [1.82, 2.24) is 0 Å². The van der Waals surface area contributed by atoms with Gasteiger partial charge < -0.3 is 0 Å². The number of hydrogen-bond acceptors (Lipinski definition) is 0. The monoisotopic (exact) mass is 280 g/mol. The number of rotatable bonds is 6. The molecular formula is C20H40. The van der Waals surface area contributed by atoms with E-state index in [1.54, 1.807) is 0 Å². The van der Waals surface area contributed by atoms with E-state index in [2.05, 4.69) is 27.7 Å². The van der Waals surface area contributed by atoms with Crippen LogP contribution in [0.2, 0.25) is 0 Å². The summed E-state index contributed by atoms with van der Waals surface area (Å²) >= 11 is 0. The summed E-state index contributed by atoms with van der Waals surface area (Å²) in [5.41, 5.74) is 0.656. The predicted octanol–water partition coefficient (Wildman–Crippen LogP) is 7.37. The predicted molar refractivity (Wildman–Crippen MR) is 92.1 cm³/mol. The third kappa shape index (κ3) is 4.78. The minimum atomic E-state index is 0.656. The Morgan fingerprint density at radius 3 is 1.95 bits per heavy atom. The Hall–Kier alpha value is 0. The molecule has 0 aromatic rings. The first-order chi connectivity index (χ1) is 9.71. The molecule has 0 aromatic carbocycles. The van der Waals surface area contributed by atoms with Gasteiger partial charge in [-0.1, -0.05) is 98.3 Å². The van der Waals surface area contributed by atoms with Crippen LogP contribution in [0.5, 0.6) is 0 Å². The summed E-state index contributed by atoms with van der Waals surface area (Å²) in [5.74, 6) is 1.92. The second kappa shape index (κ2) is 9.85. The van der Waals surface area contributed by atoms with E-state index in [1.165, 1.54) is 83.5 Å². The van der Waals surface area contributed by atoms with Gasteiger partial charge in [0.1, 0.15) is 0 Å². The van der Waals surface area contributed by atoms with E-state index in [0.717, 1.165) is 11.8 Å². The van der Waals surface area contributed by atoms with Crippen LogP contribution in [0.4, 0.5) is 0 Å². The third-order valence-corrected chi connectivity index (χ3v) is 6.26. The molecule has 1 rings (SSSR count). The maximum Gasteiger partial charge on any atom is -0.0246 e.